The average molecular weight is 378 g/mol. The highest BCUT2D eigenvalue weighted by Gasteiger charge is 2.66. The van der Waals surface area contributed by atoms with E-state index in [0.29, 0.717) is 12.4 Å². The third-order valence-electron chi connectivity index (χ3n) is 6.17. The Morgan fingerprint density at radius 2 is 2.04 bits per heavy atom. The Morgan fingerprint density at radius 3 is 2.79 bits per heavy atom. The maximum Gasteiger partial charge on any atom is 0.232 e. The molecule has 4 heterocycles. The van der Waals surface area contributed by atoms with E-state index in [4.69, 9.17) is 4.74 Å². The van der Waals surface area contributed by atoms with Crippen molar-refractivity contribution < 1.29 is 14.3 Å². The largest absolute Gasteiger partial charge is 0.360 e. The Labute approximate surface area is 163 Å². The van der Waals surface area contributed by atoms with Gasteiger partial charge in [-0.3, -0.25) is 14.3 Å². The van der Waals surface area contributed by atoms with E-state index in [0.717, 1.165) is 16.8 Å². The summed E-state index contributed by atoms with van der Waals surface area (Å²) in [6, 6.07) is 9.86. The van der Waals surface area contributed by atoms with Crippen LogP contribution < -0.4 is 5.32 Å². The van der Waals surface area contributed by atoms with Gasteiger partial charge in [-0.05, 0) is 6.92 Å². The fourth-order valence-electron chi connectivity index (χ4n) is 4.87. The molecule has 1 aromatic heterocycles. The van der Waals surface area contributed by atoms with Gasteiger partial charge in [0.05, 0.1) is 30.2 Å². The van der Waals surface area contributed by atoms with E-state index in [1.807, 2.05) is 56.5 Å². The molecule has 3 aliphatic heterocycles. The lowest BCUT2D eigenvalue weighted by Gasteiger charge is -2.23. The number of aryl methyl sites for hydroxylation is 1. The van der Waals surface area contributed by atoms with Crippen LogP contribution >= 0.6 is 0 Å². The molecule has 1 aromatic carbocycles. The fourth-order valence-corrected chi connectivity index (χ4v) is 4.87. The van der Waals surface area contributed by atoms with Crippen molar-refractivity contribution in [3.05, 3.63) is 48.0 Å². The molecule has 3 aliphatic rings. The van der Waals surface area contributed by atoms with Crippen LogP contribution in [-0.4, -0.2) is 51.8 Å². The second kappa shape index (κ2) is 5.78. The number of nitrogens with one attached hydrogen (secondary N) is 1. The van der Waals surface area contributed by atoms with Gasteiger partial charge in [-0.15, -0.1) is 0 Å². The lowest BCUT2D eigenvalue weighted by atomic mass is 9.77. The highest BCUT2D eigenvalue weighted by molar-refractivity contribution is 5.99. The molecule has 5 rings (SSSR count). The van der Waals surface area contributed by atoms with E-state index < -0.39 is 17.4 Å². The Balaban J connectivity index is 1.45. The predicted molar refractivity (Wildman–Crippen MR) is 103 cm³/mol. The van der Waals surface area contributed by atoms with Crippen molar-refractivity contribution in [1.29, 1.82) is 0 Å². The Morgan fingerprint density at radius 1 is 1.29 bits per heavy atom. The van der Waals surface area contributed by atoms with E-state index in [-0.39, 0.29) is 17.9 Å². The molecule has 2 bridgehead atoms. The number of carbonyl (C=O) groups is 2. The van der Waals surface area contributed by atoms with Gasteiger partial charge in [0.25, 0.3) is 0 Å². The fraction of sp³-hybridized carbons (Fsp3) is 0.381. The van der Waals surface area contributed by atoms with Crippen LogP contribution in [0.2, 0.25) is 0 Å². The number of likely N-dealkylation sites (N-methyl/N-ethyl adjacent to an activating group) is 1. The number of nitrogens with zero attached hydrogens (tertiary/aromatic N) is 3. The number of carbonyl (C=O) groups excluding carboxylic acids is 2. The molecule has 28 heavy (non-hydrogen) atoms. The normalized spacial score (nSPS) is 30.2. The summed E-state index contributed by atoms with van der Waals surface area (Å²) in [5.41, 5.74) is 2.06. The molecule has 2 saturated heterocycles. The molecule has 2 fully saturated rings. The molecular formula is C21H22N4O3. The van der Waals surface area contributed by atoms with Gasteiger partial charge in [-0.25, -0.2) is 0 Å². The minimum absolute atomic E-state index is 0.0290. The predicted octanol–water partition coefficient (Wildman–Crippen LogP) is 1.75. The smallest absolute Gasteiger partial charge is 0.232 e. The number of anilines is 1. The lowest BCUT2D eigenvalue weighted by molar-refractivity contribution is -0.134. The van der Waals surface area contributed by atoms with Crippen molar-refractivity contribution in [3.8, 4) is 11.3 Å². The van der Waals surface area contributed by atoms with Crippen molar-refractivity contribution in [1.82, 2.24) is 14.7 Å². The number of fused-ring (bicyclic) bond motifs is 1. The van der Waals surface area contributed by atoms with Crippen LogP contribution in [0, 0.1) is 18.8 Å². The van der Waals surface area contributed by atoms with Crippen molar-refractivity contribution in [2.75, 3.05) is 18.9 Å². The van der Waals surface area contributed by atoms with Crippen molar-refractivity contribution in [2.45, 2.75) is 18.6 Å². The summed E-state index contributed by atoms with van der Waals surface area (Å²) < 4.78 is 7.75. The first-order chi connectivity index (χ1) is 13.4. The van der Waals surface area contributed by atoms with Crippen LogP contribution in [0.5, 0.6) is 0 Å². The summed E-state index contributed by atoms with van der Waals surface area (Å²) in [7, 11) is 3.56. The first kappa shape index (κ1) is 17.2. The number of amides is 2. The summed E-state index contributed by atoms with van der Waals surface area (Å²) in [5.74, 6) is -0.579. The van der Waals surface area contributed by atoms with E-state index >= 15 is 0 Å². The molecule has 2 aromatic rings. The summed E-state index contributed by atoms with van der Waals surface area (Å²) in [4.78, 5) is 27.5. The number of hydrogen-bond acceptors (Lipinski definition) is 4. The molecule has 0 unspecified atom stereocenters. The standard InChI is InChI=1S/C21H22N4O3/c1-12-17(13-7-5-4-6-8-13)23-25(3)18(12)22-19(26)15-14-9-10-21(28-14)11-24(2)20(27)16(15)21/h4-10,14-16H,11H2,1-3H3,(H,22,26)/t14-,15-,16+,21-/m0/s1. The molecule has 1 N–H and O–H groups in total. The second-order valence-electron chi connectivity index (χ2n) is 7.90. The summed E-state index contributed by atoms with van der Waals surface area (Å²) >= 11 is 0. The third kappa shape index (κ3) is 2.22. The zero-order valence-corrected chi connectivity index (χ0v) is 16.0. The molecule has 0 aliphatic carbocycles. The van der Waals surface area contributed by atoms with Gasteiger partial charge in [0.15, 0.2) is 0 Å². The van der Waals surface area contributed by atoms with Gasteiger partial charge in [0.2, 0.25) is 11.8 Å². The molecule has 7 heteroatoms. The Hall–Kier alpha value is -2.93. The first-order valence-corrected chi connectivity index (χ1v) is 9.43. The van der Waals surface area contributed by atoms with Gasteiger partial charge >= 0.3 is 0 Å². The number of rotatable bonds is 3. The summed E-state index contributed by atoms with van der Waals surface area (Å²) in [6.45, 7) is 2.44. The van der Waals surface area contributed by atoms with E-state index in [2.05, 4.69) is 10.4 Å². The summed E-state index contributed by atoms with van der Waals surface area (Å²) in [6.07, 6.45) is 3.51. The monoisotopic (exact) mass is 378 g/mol. The number of aromatic nitrogens is 2. The van der Waals surface area contributed by atoms with Crippen molar-refractivity contribution in [2.24, 2.45) is 18.9 Å². The molecular weight excluding hydrogens is 356 g/mol. The number of ether oxygens (including phenoxy) is 1. The van der Waals surface area contributed by atoms with Crippen LogP contribution in [-0.2, 0) is 21.4 Å². The Kier molecular flexibility index (Phi) is 3.55. The zero-order chi connectivity index (χ0) is 19.6. The minimum Gasteiger partial charge on any atom is -0.360 e. The number of likely N-dealkylation sites (tertiary alicyclic amines) is 1. The van der Waals surface area contributed by atoms with E-state index in [9.17, 15) is 9.59 Å². The van der Waals surface area contributed by atoms with Crippen molar-refractivity contribution in [3.63, 3.8) is 0 Å². The zero-order valence-electron chi connectivity index (χ0n) is 16.0. The maximum atomic E-state index is 13.2. The van der Waals surface area contributed by atoms with Gasteiger partial charge in [-0.1, -0.05) is 42.5 Å². The van der Waals surface area contributed by atoms with Crippen LogP contribution in [0.15, 0.2) is 42.5 Å². The Bertz CT molecular complexity index is 1010. The molecule has 7 nitrogen and oxygen atoms in total. The lowest BCUT2D eigenvalue weighted by Crippen LogP contribution is -2.41. The topological polar surface area (TPSA) is 76.5 Å². The summed E-state index contributed by atoms with van der Waals surface area (Å²) in [5, 5.41) is 7.60. The molecule has 0 radical (unpaired) electrons. The van der Waals surface area contributed by atoms with Gasteiger partial charge < -0.3 is 15.0 Å². The molecule has 4 atom stereocenters. The SMILES string of the molecule is Cc1c(-c2ccccc2)nn(C)c1NC(=O)[C@H]1[C@@H]2C=C[C@@]3(CN(C)C(=O)[C@@H]13)O2. The highest BCUT2D eigenvalue weighted by Crippen LogP contribution is 2.51. The first-order valence-electron chi connectivity index (χ1n) is 9.43. The van der Waals surface area contributed by atoms with Crippen molar-refractivity contribution >= 4 is 17.6 Å². The highest BCUT2D eigenvalue weighted by atomic mass is 16.5. The van der Waals surface area contributed by atoms with Gasteiger partial charge in [-0.2, -0.15) is 5.10 Å². The van der Waals surface area contributed by atoms with E-state index in [1.165, 1.54) is 0 Å². The molecule has 1 spiro atoms. The van der Waals surface area contributed by atoms with Crippen LogP contribution in [0.3, 0.4) is 0 Å². The average Bonchev–Trinajstić information content (AvgIpc) is 3.38. The van der Waals surface area contributed by atoms with Gasteiger partial charge in [0, 0.05) is 25.2 Å². The molecule has 144 valence electrons. The quantitative estimate of drug-likeness (QED) is 0.826. The van der Waals surface area contributed by atoms with Crippen LogP contribution in [0.4, 0.5) is 5.82 Å². The second-order valence-corrected chi connectivity index (χ2v) is 7.90. The van der Waals surface area contributed by atoms with Gasteiger partial charge in [0.1, 0.15) is 11.4 Å². The minimum atomic E-state index is -0.658. The molecule has 2 amide bonds. The third-order valence-corrected chi connectivity index (χ3v) is 6.17. The number of benzene rings is 1. The molecule has 0 saturated carbocycles. The van der Waals surface area contributed by atoms with Crippen LogP contribution in [0.1, 0.15) is 5.56 Å². The van der Waals surface area contributed by atoms with Crippen LogP contribution in [0.25, 0.3) is 11.3 Å². The number of hydrogen-bond donors (Lipinski definition) is 1. The van der Waals surface area contributed by atoms with E-state index in [1.54, 1.807) is 16.6 Å². The maximum absolute atomic E-state index is 13.2.